The number of benzene rings is 1. The highest BCUT2D eigenvalue weighted by atomic mass is 35.5. The molecule has 0 saturated carbocycles. The number of halogens is 2. The van der Waals surface area contributed by atoms with Gasteiger partial charge in [0.25, 0.3) is 0 Å². The molecule has 0 unspecified atom stereocenters. The molecule has 1 rings (SSSR count). The van der Waals surface area contributed by atoms with Gasteiger partial charge in [0.15, 0.2) is 5.12 Å². The Hall–Kier alpha value is -0.440. The number of carbonyl (C=O) groups excluding carboxylic acids is 1. The van der Waals surface area contributed by atoms with Gasteiger partial charge in [-0.25, -0.2) is 0 Å². The maximum absolute atomic E-state index is 10.7. The zero-order chi connectivity index (χ0) is 12.0. The molecule has 0 spiro atoms. The fourth-order valence-electron chi connectivity index (χ4n) is 1.11. The maximum Gasteiger partial charge on any atom is 0.185 e. The molecule has 0 bridgehead atoms. The number of hydrogen-bond donors (Lipinski definition) is 0. The van der Waals surface area contributed by atoms with Crippen molar-refractivity contribution in [2.75, 3.05) is 5.75 Å². The first-order valence-electron chi connectivity index (χ1n) is 4.84. The Kier molecular flexibility index (Phi) is 5.96. The number of hydrogen-bond acceptors (Lipinski definition) is 2. The van der Waals surface area contributed by atoms with Gasteiger partial charge in [-0.2, -0.15) is 0 Å². The van der Waals surface area contributed by atoms with Crippen LogP contribution in [0.3, 0.4) is 0 Å². The van der Waals surface area contributed by atoms with Crippen molar-refractivity contribution in [1.29, 1.82) is 0 Å². The highest BCUT2D eigenvalue weighted by Gasteiger charge is 1.96. The van der Waals surface area contributed by atoms with Crippen LogP contribution in [0.2, 0.25) is 10.0 Å². The van der Waals surface area contributed by atoms with Gasteiger partial charge in [0.1, 0.15) is 0 Å². The van der Waals surface area contributed by atoms with E-state index in [9.17, 15) is 4.79 Å². The Balaban J connectivity index is 2.44. The summed E-state index contributed by atoms with van der Waals surface area (Å²) in [5.41, 5.74) is 1.02. The van der Waals surface area contributed by atoms with Crippen LogP contribution in [0, 0.1) is 0 Å². The van der Waals surface area contributed by atoms with Crippen molar-refractivity contribution in [3.8, 4) is 0 Å². The summed E-state index contributed by atoms with van der Waals surface area (Å²) in [4.78, 5) is 10.7. The number of carbonyl (C=O) groups is 1. The van der Waals surface area contributed by atoms with E-state index >= 15 is 0 Å². The molecule has 0 amide bonds. The molecule has 0 saturated heterocycles. The van der Waals surface area contributed by atoms with Crippen LogP contribution in [0.1, 0.15) is 18.9 Å². The highest BCUT2D eigenvalue weighted by Crippen LogP contribution is 2.23. The van der Waals surface area contributed by atoms with Crippen molar-refractivity contribution >= 4 is 46.2 Å². The monoisotopic (exact) mass is 274 g/mol. The predicted molar refractivity (Wildman–Crippen MR) is 73.3 cm³/mol. The lowest BCUT2D eigenvalue weighted by atomic mass is 10.2. The van der Waals surface area contributed by atoms with Gasteiger partial charge in [-0.15, -0.1) is 0 Å². The Bertz CT molecular complexity index is 402. The third-order valence-corrected chi connectivity index (χ3v) is 3.43. The zero-order valence-corrected chi connectivity index (χ0v) is 11.2. The Morgan fingerprint density at radius 2 is 2.12 bits per heavy atom. The maximum atomic E-state index is 10.7. The first kappa shape index (κ1) is 13.6. The summed E-state index contributed by atoms with van der Waals surface area (Å²) < 4.78 is 0. The lowest BCUT2D eigenvalue weighted by molar-refractivity contribution is -0.109. The smallest absolute Gasteiger partial charge is 0.185 e. The minimum atomic E-state index is 0.155. The van der Waals surface area contributed by atoms with Crippen molar-refractivity contribution in [2.24, 2.45) is 0 Å². The van der Waals surface area contributed by atoms with Crippen molar-refractivity contribution in [1.82, 2.24) is 0 Å². The molecule has 1 aromatic rings. The van der Waals surface area contributed by atoms with Gasteiger partial charge in [-0.1, -0.05) is 53.2 Å². The van der Waals surface area contributed by atoms with Crippen LogP contribution in [0.5, 0.6) is 0 Å². The van der Waals surface area contributed by atoms with Crippen molar-refractivity contribution in [3.05, 3.63) is 39.9 Å². The van der Waals surface area contributed by atoms with Crippen molar-refractivity contribution in [3.63, 3.8) is 0 Å². The molecule has 0 aliphatic rings. The summed E-state index contributed by atoms with van der Waals surface area (Å²) in [6.45, 7) is 1.58. The molecule has 0 atom stereocenters. The lowest BCUT2D eigenvalue weighted by Crippen LogP contribution is -1.83. The minimum absolute atomic E-state index is 0.155. The lowest BCUT2D eigenvalue weighted by Gasteiger charge is -1.97. The van der Waals surface area contributed by atoms with E-state index in [-0.39, 0.29) is 5.12 Å². The van der Waals surface area contributed by atoms with Crippen LogP contribution < -0.4 is 0 Å². The Morgan fingerprint density at radius 1 is 1.38 bits per heavy atom. The van der Waals surface area contributed by atoms with Crippen LogP contribution in [0.25, 0.3) is 6.08 Å². The molecule has 1 aromatic carbocycles. The summed E-state index contributed by atoms with van der Waals surface area (Å²) >= 11 is 13.0. The molecule has 0 heterocycles. The Labute approximate surface area is 110 Å². The van der Waals surface area contributed by atoms with Crippen molar-refractivity contribution < 1.29 is 4.79 Å². The SMILES string of the molecule is CC(=O)SCCC=Cc1ccc(Cl)c(Cl)c1. The molecule has 86 valence electrons. The molecule has 0 aliphatic heterocycles. The first-order chi connectivity index (χ1) is 7.59. The van der Waals surface area contributed by atoms with E-state index < -0.39 is 0 Å². The largest absolute Gasteiger partial charge is 0.288 e. The van der Waals surface area contributed by atoms with Gasteiger partial charge in [0, 0.05) is 12.7 Å². The van der Waals surface area contributed by atoms with Crippen LogP contribution in [-0.4, -0.2) is 10.9 Å². The summed E-state index contributed by atoms with van der Waals surface area (Å²) in [5, 5.41) is 1.27. The molecule has 0 aliphatic carbocycles. The number of thioether (sulfide) groups is 1. The molecular weight excluding hydrogens is 263 g/mol. The summed E-state index contributed by atoms with van der Waals surface area (Å²) in [6.07, 6.45) is 4.86. The fourth-order valence-corrected chi connectivity index (χ4v) is 1.95. The third-order valence-electron chi connectivity index (χ3n) is 1.84. The van der Waals surface area contributed by atoms with E-state index in [2.05, 4.69) is 0 Å². The van der Waals surface area contributed by atoms with Gasteiger partial charge >= 0.3 is 0 Å². The average Bonchev–Trinajstić information content (AvgIpc) is 2.22. The minimum Gasteiger partial charge on any atom is -0.288 e. The molecule has 0 radical (unpaired) electrons. The predicted octanol–water partition coefficient (Wildman–Crippen LogP) is 4.68. The molecule has 1 nitrogen and oxygen atoms in total. The van der Waals surface area contributed by atoms with Gasteiger partial charge < -0.3 is 0 Å². The topological polar surface area (TPSA) is 17.1 Å². The van der Waals surface area contributed by atoms with Gasteiger partial charge in [-0.3, -0.25) is 4.79 Å². The molecular formula is C12H12Cl2OS. The second kappa shape index (κ2) is 7.00. The molecule has 16 heavy (non-hydrogen) atoms. The standard InChI is InChI=1S/C12H12Cl2OS/c1-9(15)16-7-3-2-4-10-5-6-11(13)12(14)8-10/h2,4-6,8H,3,7H2,1H3. The van der Waals surface area contributed by atoms with E-state index in [1.165, 1.54) is 11.8 Å². The quantitative estimate of drug-likeness (QED) is 0.742. The van der Waals surface area contributed by atoms with E-state index in [4.69, 9.17) is 23.2 Å². The van der Waals surface area contributed by atoms with E-state index in [0.29, 0.717) is 10.0 Å². The van der Waals surface area contributed by atoms with Crippen molar-refractivity contribution in [2.45, 2.75) is 13.3 Å². The van der Waals surface area contributed by atoms with Gasteiger partial charge in [0.05, 0.1) is 10.0 Å². The number of allylic oxidation sites excluding steroid dienone is 1. The normalized spacial score (nSPS) is 10.9. The zero-order valence-electron chi connectivity index (χ0n) is 8.87. The van der Waals surface area contributed by atoms with E-state index in [0.717, 1.165) is 17.7 Å². The van der Waals surface area contributed by atoms with E-state index in [1.54, 1.807) is 13.0 Å². The molecule has 0 fully saturated rings. The second-order valence-corrected chi connectivity index (χ2v) is 5.29. The fraction of sp³-hybridized carbons (Fsp3) is 0.250. The highest BCUT2D eigenvalue weighted by molar-refractivity contribution is 8.13. The van der Waals surface area contributed by atoms with Gasteiger partial charge in [0.2, 0.25) is 0 Å². The van der Waals surface area contributed by atoms with Crippen LogP contribution >= 0.6 is 35.0 Å². The summed E-state index contributed by atoms with van der Waals surface area (Å²) in [7, 11) is 0. The first-order valence-corrected chi connectivity index (χ1v) is 6.58. The molecule has 4 heteroatoms. The Morgan fingerprint density at radius 3 is 2.75 bits per heavy atom. The van der Waals surface area contributed by atoms with Crippen LogP contribution in [0.15, 0.2) is 24.3 Å². The summed E-state index contributed by atoms with van der Waals surface area (Å²) in [6, 6.07) is 5.50. The summed E-state index contributed by atoms with van der Waals surface area (Å²) in [5.74, 6) is 0.813. The number of rotatable bonds is 4. The molecule has 0 N–H and O–H groups in total. The second-order valence-electron chi connectivity index (χ2n) is 3.20. The third kappa shape index (κ3) is 5.06. The molecule has 0 aromatic heterocycles. The van der Waals surface area contributed by atoms with Crippen LogP contribution in [0.4, 0.5) is 0 Å². The average molecular weight is 275 g/mol. The van der Waals surface area contributed by atoms with E-state index in [1.807, 2.05) is 24.3 Å². The van der Waals surface area contributed by atoms with Gasteiger partial charge in [-0.05, 0) is 24.1 Å². The van der Waals surface area contributed by atoms with Crippen LogP contribution in [-0.2, 0) is 4.79 Å².